The van der Waals surface area contributed by atoms with E-state index in [9.17, 15) is 0 Å². The molecule has 0 aromatic carbocycles. The van der Waals surface area contributed by atoms with Gasteiger partial charge in [0.25, 0.3) is 0 Å². The van der Waals surface area contributed by atoms with Crippen molar-refractivity contribution in [2.45, 2.75) is 135 Å². The second kappa shape index (κ2) is 43.4. The highest BCUT2D eigenvalue weighted by atomic mass is 32.0. The summed E-state index contributed by atoms with van der Waals surface area (Å²) < 4.78 is 0. The van der Waals surface area contributed by atoms with Gasteiger partial charge in [0.1, 0.15) is 0 Å². The van der Waals surface area contributed by atoms with Crippen LogP contribution in [0.1, 0.15) is 135 Å². The topological polar surface area (TPSA) is 0 Å². The van der Waals surface area contributed by atoms with Crippen LogP contribution in [0.5, 0.6) is 0 Å². The minimum atomic E-state index is 0. The zero-order chi connectivity index (χ0) is 14.1. The van der Waals surface area contributed by atoms with Crippen LogP contribution < -0.4 is 0 Å². The molecule has 0 amide bonds. The van der Waals surface area contributed by atoms with Crippen molar-refractivity contribution < 1.29 is 0 Å². The zero-order valence-corrected chi connectivity index (χ0v) is 15.5. The Morgan fingerprint density at radius 1 is 0.565 bits per heavy atom. The molecule has 0 heterocycles. The van der Waals surface area contributed by atoms with Crippen LogP contribution in [0.15, 0.2) is 0 Å². The molecule has 0 radical (unpaired) electrons. The lowest BCUT2D eigenvalue weighted by Gasteiger charge is -2.07. The summed E-state index contributed by atoms with van der Waals surface area (Å²) in [5.41, 5.74) is 0. The smallest absolute Gasteiger partial charge is 0.0445 e. The first-order chi connectivity index (χ1) is 8.81. The van der Waals surface area contributed by atoms with Crippen LogP contribution in [0.25, 0.3) is 0 Å². The molecule has 3 unspecified atom stereocenters. The van der Waals surface area contributed by atoms with Crippen LogP contribution in [0.2, 0.25) is 0 Å². The first-order valence-electron chi connectivity index (χ1n) is 8.14. The van der Waals surface area contributed by atoms with Gasteiger partial charge in [-0.05, 0) is 5.92 Å². The predicted octanol–water partition coefficient (Wildman–Crippen LogP) is 10.2. The minimum absolute atomic E-state index is 0. The van der Waals surface area contributed by atoms with Gasteiger partial charge in [-0.1, -0.05) is 135 Å². The largest absolute Gasteiger partial charge is 0.118 e. The fraction of sp³-hybridized carbons (Fsp3) is 1.00. The van der Waals surface area contributed by atoms with E-state index in [0.717, 1.165) is 5.92 Å². The van der Waals surface area contributed by atoms with E-state index in [0.29, 0.717) is 0 Å². The van der Waals surface area contributed by atoms with Crippen molar-refractivity contribution in [3.05, 3.63) is 0 Å². The van der Waals surface area contributed by atoms with E-state index in [1.807, 2.05) is 0 Å². The highest BCUT2D eigenvalue weighted by Gasteiger charge is 1.98. The van der Waals surface area contributed by atoms with Crippen LogP contribution in [0.3, 0.4) is 0 Å². The van der Waals surface area contributed by atoms with E-state index in [-0.39, 0.29) is 37.1 Å². The van der Waals surface area contributed by atoms with Gasteiger partial charge in [0, 0.05) is 0 Å². The van der Waals surface area contributed by atoms with E-state index >= 15 is 0 Å². The number of rotatable bonds is 12. The average molecular weight is 373 g/mol. The summed E-state index contributed by atoms with van der Waals surface area (Å²) in [7, 11) is 4.67. The molecule has 0 aliphatic rings. The van der Waals surface area contributed by atoms with Gasteiger partial charge in [0.05, 0.1) is 0 Å². The normalized spacial score (nSPS) is 9.26. The second-order valence-corrected chi connectivity index (χ2v) is 5.48. The average Bonchev–Trinajstić information content (AvgIpc) is 2.42. The summed E-state index contributed by atoms with van der Waals surface area (Å²) in [6.07, 6.45) is 17.4. The summed E-state index contributed by atoms with van der Waals surface area (Å²) >= 11 is 0. The molecule has 0 spiro atoms. The fourth-order valence-electron chi connectivity index (χ4n) is 2.18. The summed E-state index contributed by atoms with van der Waals surface area (Å²) in [6.45, 7) is 6.98. The van der Waals surface area contributed by atoms with E-state index in [4.69, 9.17) is 0 Å². The molecule has 23 heavy (non-hydrogen) atoms. The third-order valence-corrected chi connectivity index (χ3v) is 3.75. The fourth-order valence-corrected chi connectivity index (χ4v) is 2.18. The van der Waals surface area contributed by atoms with Gasteiger partial charge in [-0.25, -0.2) is 0 Å². The Bertz CT molecular complexity index is 127. The molecule has 0 aliphatic heterocycles. The predicted molar refractivity (Wildman–Crippen MR) is 129 cm³/mol. The SMILES string of the molecule is C.C.C.C.C.CCCCCCCCCCCCC(C)CC.PP. The van der Waals surface area contributed by atoms with Crippen LogP contribution in [0, 0.1) is 5.92 Å². The summed E-state index contributed by atoms with van der Waals surface area (Å²) in [5, 5.41) is 0. The van der Waals surface area contributed by atoms with Gasteiger partial charge in [-0.15, -0.1) is 17.9 Å². The van der Waals surface area contributed by atoms with Crippen molar-refractivity contribution >= 4 is 17.9 Å². The Balaban J connectivity index is -0.0000000701. The van der Waals surface area contributed by atoms with Crippen molar-refractivity contribution in [1.29, 1.82) is 0 Å². The number of hydrogen-bond acceptors (Lipinski definition) is 0. The molecule has 0 fully saturated rings. The molecule has 152 valence electrons. The quantitative estimate of drug-likeness (QED) is 0.236. The maximum Gasteiger partial charge on any atom is -0.0445 e. The standard InChI is InChI=1S/C16H34.5CH4.H4P2/c1-4-6-7-8-9-10-11-12-13-14-15-16(3)5-2;;;;;;1-2/h16H,4-15H2,1-3H3;5*1H4;1-2H2. The van der Waals surface area contributed by atoms with E-state index in [1.165, 1.54) is 77.0 Å². The summed E-state index contributed by atoms with van der Waals surface area (Å²) in [6, 6.07) is 0. The molecule has 0 saturated heterocycles. The van der Waals surface area contributed by atoms with Crippen molar-refractivity contribution in [3.8, 4) is 0 Å². The Morgan fingerprint density at radius 2 is 0.870 bits per heavy atom. The Kier molecular flexibility index (Phi) is 82.8. The van der Waals surface area contributed by atoms with E-state index in [1.54, 1.807) is 0 Å². The third kappa shape index (κ3) is 45.0. The lowest BCUT2D eigenvalue weighted by molar-refractivity contribution is 0.469. The maximum absolute atomic E-state index is 2.38. The third-order valence-electron chi connectivity index (χ3n) is 3.75. The molecular weight excluding hydrogens is 314 g/mol. The van der Waals surface area contributed by atoms with Crippen LogP contribution in [-0.2, 0) is 0 Å². The van der Waals surface area contributed by atoms with Gasteiger partial charge in [-0.2, -0.15) is 0 Å². The molecule has 0 saturated carbocycles. The molecule has 0 aliphatic carbocycles. The van der Waals surface area contributed by atoms with E-state index < -0.39 is 0 Å². The molecule has 2 heteroatoms. The van der Waals surface area contributed by atoms with Crippen molar-refractivity contribution in [3.63, 3.8) is 0 Å². The molecule has 0 bridgehead atoms. The highest BCUT2D eigenvalue weighted by molar-refractivity contribution is 7.92. The first kappa shape index (κ1) is 43.9. The molecule has 0 nitrogen and oxygen atoms in total. The van der Waals surface area contributed by atoms with Gasteiger partial charge in [0.15, 0.2) is 0 Å². The van der Waals surface area contributed by atoms with Gasteiger partial charge >= 0.3 is 0 Å². The lowest BCUT2D eigenvalue weighted by atomic mass is 9.99. The number of unbranched alkanes of at least 4 members (excludes halogenated alkanes) is 9. The highest BCUT2D eigenvalue weighted by Crippen LogP contribution is 2.15. The summed E-state index contributed by atoms with van der Waals surface area (Å²) in [4.78, 5) is 0. The Hall–Kier alpha value is 0.860. The first-order valence-corrected chi connectivity index (χ1v) is 10.8. The monoisotopic (exact) mass is 372 g/mol. The number of hydrogen-bond donors (Lipinski definition) is 0. The maximum atomic E-state index is 2.38. The van der Waals surface area contributed by atoms with Crippen molar-refractivity contribution in [1.82, 2.24) is 0 Å². The van der Waals surface area contributed by atoms with Crippen LogP contribution >= 0.6 is 17.9 Å². The Morgan fingerprint density at radius 3 is 1.17 bits per heavy atom. The van der Waals surface area contributed by atoms with Crippen molar-refractivity contribution in [2.75, 3.05) is 0 Å². The van der Waals surface area contributed by atoms with Crippen molar-refractivity contribution in [2.24, 2.45) is 5.92 Å². The molecular formula is C21H58P2. The van der Waals surface area contributed by atoms with Gasteiger partial charge in [-0.3, -0.25) is 0 Å². The van der Waals surface area contributed by atoms with Crippen LogP contribution in [0.4, 0.5) is 0 Å². The van der Waals surface area contributed by atoms with Gasteiger partial charge in [0.2, 0.25) is 0 Å². The van der Waals surface area contributed by atoms with Gasteiger partial charge < -0.3 is 0 Å². The molecule has 0 rings (SSSR count). The minimum Gasteiger partial charge on any atom is -0.118 e. The Labute approximate surface area is 159 Å². The zero-order valence-electron chi connectivity index (χ0n) is 13.2. The molecule has 0 aromatic heterocycles. The second-order valence-electron chi connectivity index (χ2n) is 5.48. The lowest BCUT2D eigenvalue weighted by Crippen LogP contribution is -1.91. The molecule has 0 aromatic rings. The molecule has 0 N–H and O–H groups in total. The summed E-state index contributed by atoms with van der Waals surface area (Å²) in [5.74, 6) is 0.953. The van der Waals surface area contributed by atoms with Crippen LogP contribution in [-0.4, -0.2) is 0 Å². The molecule has 3 atom stereocenters. The van der Waals surface area contributed by atoms with E-state index in [2.05, 4.69) is 38.6 Å².